The molecule has 0 aromatic heterocycles. The van der Waals surface area contributed by atoms with Gasteiger partial charge in [-0.05, 0) is 65.8 Å². The summed E-state index contributed by atoms with van der Waals surface area (Å²) in [6.45, 7) is 0.846. The van der Waals surface area contributed by atoms with Crippen molar-refractivity contribution in [1.29, 1.82) is 0 Å². The van der Waals surface area contributed by atoms with E-state index in [1.807, 2.05) is 36.4 Å². The average Bonchev–Trinajstić information content (AvgIpc) is 3.03. The third-order valence-electron chi connectivity index (χ3n) is 5.01. The number of carbonyl (C=O) groups is 1. The van der Waals surface area contributed by atoms with E-state index >= 15 is 0 Å². The van der Waals surface area contributed by atoms with E-state index in [1.54, 1.807) is 0 Å². The van der Waals surface area contributed by atoms with Gasteiger partial charge in [-0.25, -0.2) is 0 Å². The summed E-state index contributed by atoms with van der Waals surface area (Å²) in [4.78, 5) is 8.36. The molecule has 0 radical (unpaired) electrons. The van der Waals surface area contributed by atoms with Crippen molar-refractivity contribution in [2.24, 2.45) is 0 Å². The van der Waals surface area contributed by atoms with Gasteiger partial charge in [0.05, 0.1) is 12.2 Å². The monoisotopic (exact) mass is 444 g/mol. The molecular formula is C25H23F3O4. The Morgan fingerprint density at radius 3 is 2.44 bits per heavy atom. The first-order valence-corrected chi connectivity index (χ1v) is 10.1. The van der Waals surface area contributed by atoms with E-state index in [-0.39, 0.29) is 6.47 Å². The van der Waals surface area contributed by atoms with Crippen LogP contribution in [0, 0.1) is 0 Å². The molecule has 0 fully saturated rings. The number of carboxylic acid groups (broad SMARTS) is 1. The Balaban J connectivity index is 0.000000913. The Morgan fingerprint density at radius 1 is 0.969 bits per heavy atom. The molecule has 32 heavy (non-hydrogen) atoms. The molecule has 0 saturated heterocycles. The van der Waals surface area contributed by atoms with Gasteiger partial charge in [-0.15, -0.1) is 0 Å². The van der Waals surface area contributed by atoms with E-state index in [2.05, 4.69) is 6.07 Å². The zero-order valence-corrected chi connectivity index (χ0v) is 17.3. The van der Waals surface area contributed by atoms with Crippen molar-refractivity contribution in [3.8, 4) is 22.6 Å². The summed E-state index contributed by atoms with van der Waals surface area (Å²) < 4.78 is 50.0. The molecule has 7 heteroatoms. The summed E-state index contributed by atoms with van der Waals surface area (Å²) in [5.41, 5.74) is 3.09. The maximum Gasteiger partial charge on any atom is 0.416 e. The van der Waals surface area contributed by atoms with Crippen molar-refractivity contribution < 1.29 is 32.5 Å². The van der Waals surface area contributed by atoms with Crippen molar-refractivity contribution in [1.82, 2.24) is 0 Å². The normalized spacial score (nSPS) is 13.0. The van der Waals surface area contributed by atoms with Crippen LogP contribution in [0.5, 0.6) is 11.5 Å². The van der Waals surface area contributed by atoms with E-state index in [4.69, 9.17) is 19.4 Å². The highest BCUT2D eigenvalue weighted by Crippen LogP contribution is 2.32. The van der Waals surface area contributed by atoms with E-state index < -0.39 is 11.7 Å². The van der Waals surface area contributed by atoms with Crippen LogP contribution in [0.15, 0.2) is 66.7 Å². The number of ether oxygens (including phenoxy) is 2. The molecule has 4 nitrogen and oxygen atoms in total. The Bertz CT molecular complexity index is 1030. The van der Waals surface area contributed by atoms with Crippen molar-refractivity contribution in [2.45, 2.75) is 32.0 Å². The van der Waals surface area contributed by atoms with E-state index in [0.717, 1.165) is 66.2 Å². The molecular weight excluding hydrogens is 421 g/mol. The fraction of sp³-hybridized carbons (Fsp3) is 0.240. The van der Waals surface area contributed by atoms with E-state index in [9.17, 15) is 13.2 Å². The third-order valence-corrected chi connectivity index (χ3v) is 5.01. The molecule has 0 spiro atoms. The Kier molecular flexibility index (Phi) is 7.76. The van der Waals surface area contributed by atoms with Gasteiger partial charge in [0, 0.05) is 6.07 Å². The lowest BCUT2D eigenvalue weighted by Gasteiger charge is -2.12. The van der Waals surface area contributed by atoms with Crippen molar-refractivity contribution in [3.05, 3.63) is 83.4 Å². The van der Waals surface area contributed by atoms with Gasteiger partial charge in [0.25, 0.3) is 6.47 Å². The molecule has 4 rings (SSSR count). The number of rotatable bonds is 4. The second kappa shape index (κ2) is 10.7. The highest BCUT2D eigenvalue weighted by Gasteiger charge is 2.29. The topological polar surface area (TPSA) is 55.8 Å². The Morgan fingerprint density at radius 2 is 1.72 bits per heavy atom. The molecule has 0 aliphatic carbocycles. The van der Waals surface area contributed by atoms with Crippen LogP contribution >= 0.6 is 0 Å². The van der Waals surface area contributed by atoms with Gasteiger partial charge in [0.15, 0.2) is 0 Å². The number of hydrogen-bond donors (Lipinski definition) is 1. The van der Waals surface area contributed by atoms with Gasteiger partial charge < -0.3 is 14.6 Å². The summed E-state index contributed by atoms with van der Waals surface area (Å²) in [7, 11) is 0. The number of alkyl halides is 3. The SMILES string of the molecule is FC(F)(F)c1ccc(-c2cccc(COc3ccc4c(c3)OCCCC4)c2)cc1.O=CO. The first-order chi connectivity index (χ1) is 15.4. The number of aryl methyl sites for hydroxylation is 1. The minimum Gasteiger partial charge on any atom is -0.493 e. The van der Waals surface area contributed by atoms with Crippen LogP contribution in [0.3, 0.4) is 0 Å². The second-order valence-electron chi connectivity index (χ2n) is 7.24. The van der Waals surface area contributed by atoms with Gasteiger partial charge in [0.2, 0.25) is 0 Å². The fourth-order valence-corrected chi connectivity index (χ4v) is 3.42. The smallest absolute Gasteiger partial charge is 0.416 e. The summed E-state index contributed by atoms with van der Waals surface area (Å²) in [6, 6.07) is 18.8. The molecule has 1 aliphatic rings. The Labute approximate surface area is 184 Å². The maximum absolute atomic E-state index is 12.8. The van der Waals surface area contributed by atoms with Crippen molar-refractivity contribution in [2.75, 3.05) is 6.61 Å². The van der Waals surface area contributed by atoms with Crippen LogP contribution in [0.4, 0.5) is 13.2 Å². The van der Waals surface area contributed by atoms with Crippen LogP contribution in [0.25, 0.3) is 11.1 Å². The zero-order chi connectivity index (χ0) is 23.0. The summed E-state index contributed by atoms with van der Waals surface area (Å²) in [5.74, 6) is 1.63. The first kappa shape index (κ1) is 23.2. The van der Waals surface area contributed by atoms with Crippen LogP contribution in [0.1, 0.15) is 29.5 Å². The van der Waals surface area contributed by atoms with Gasteiger partial charge in [-0.2, -0.15) is 13.2 Å². The Hall–Kier alpha value is -3.48. The minimum absolute atomic E-state index is 0.250. The fourth-order valence-electron chi connectivity index (χ4n) is 3.42. The lowest BCUT2D eigenvalue weighted by molar-refractivity contribution is -0.137. The molecule has 0 amide bonds. The predicted molar refractivity (Wildman–Crippen MR) is 115 cm³/mol. The number of benzene rings is 3. The lowest BCUT2D eigenvalue weighted by atomic mass is 10.0. The standard InChI is InChI=1S/C24H21F3O2.CH2O2/c25-24(26,27)21-10-7-18(8-11-21)20-6-3-4-17(14-20)16-29-22-12-9-19-5-1-2-13-28-23(19)15-22;2-1-3/h3-4,6-12,14-15H,1-2,5,13,16H2;1H,(H,2,3). The van der Waals surface area contributed by atoms with Crippen molar-refractivity contribution in [3.63, 3.8) is 0 Å². The highest BCUT2D eigenvalue weighted by atomic mass is 19.4. The zero-order valence-electron chi connectivity index (χ0n) is 17.3. The molecule has 3 aromatic rings. The molecule has 0 bridgehead atoms. The third kappa shape index (κ3) is 6.26. The lowest BCUT2D eigenvalue weighted by Crippen LogP contribution is -2.04. The van der Waals surface area contributed by atoms with Gasteiger partial charge in [0.1, 0.15) is 18.1 Å². The summed E-state index contributed by atoms with van der Waals surface area (Å²) >= 11 is 0. The van der Waals surface area contributed by atoms with Crippen LogP contribution in [0.2, 0.25) is 0 Å². The summed E-state index contributed by atoms with van der Waals surface area (Å²) in [6.07, 6.45) is -1.12. The summed E-state index contributed by atoms with van der Waals surface area (Å²) in [5, 5.41) is 6.89. The number of fused-ring (bicyclic) bond motifs is 1. The van der Waals surface area contributed by atoms with Gasteiger partial charge in [-0.3, -0.25) is 4.79 Å². The maximum atomic E-state index is 12.8. The largest absolute Gasteiger partial charge is 0.493 e. The molecule has 3 aromatic carbocycles. The second-order valence-corrected chi connectivity index (χ2v) is 7.24. The highest BCUT2D eigenvalue weighted by molar-refractivity contribution is 5.64. The van der Waals surface area contributed by atoms with Crippen LogP contribution in [-0.4, -0.2) is 18.2 Å². The van der Waals surface area contributed by atoms with E-state index in [0.29, 0.717) is 6.61 Å². The molecule has 1 N–H and O–H groups in total. The first-order valence-electron chi connectivity index (χ1n) is 10.1. The minimum atomic E-state index is -4.33. The molecule has 0 atom stereocenters. The van der Waals surface area contributed by atoms with Crippen molar-refractivity contribution >= 4 is 6.47 Å². The molecule has 1 heterocycles. The van der Waals surface area contributed by atoms with Gasteiger partial charge in [-0.1, -0.05) is 36.4 Å². The van der Waals surface area contributed by atoms with Crippen LogP contribution in [-0.2, 0) is 24.0 Å². The van der Waals surface area contributed by atoms with E-state index in [1.165, 1.54) is 17.7 Å². The molecule has 0 unspecified atom stereocenters. The van der Waals surface area contributed by atoms with Gasteiger partial charge >= 0.3 is 6.18 Å². The predicted octanol–water partition coefficient (Wildman–Crippen LogP) is 6.37. The van der Waals surface area contributed by atoms with Crippen LogP contribution < -0.4 is 9.47 Å². The number of halogens is 3. The molecule has 168 valence electrons. The quantitative estimate of drug-likeness (QED) is 0.475. The average molecular weight is 444 g/mol. The number of hydrogen-bond acceptors (Lipinski definition) is 3. The molecule has 0 saturated carbocycles. The molecule has 1 aliphatic heterocycles.